The first-order valence-corrected chi connectivity index (χ1v) is 6.95. The molecule has 0 aromatic rings. The number of hydrogen-bond acceptors (Lipinski definition) is 3. The summed E-state index contributed by atoms with van der Waals surface area (Å²) in [5, 5.41) is 0. The lowest BCUT2D eigenvalue weighted by atomic mass is 10.1. The van der Waals surface area contributed by atoms with Crippen LogP contribution < -0.4 is 5.73 Å². The Bertz CT molecular complexity index is 105. The maximum Gasteiger partial charge on any atom is 0.320 e. The van der Waals surface area contributed by atoms with Gasteiger partial charge < -0.3 is 14.6 Å². The van der Waals surface area contributed by atoms with Crippen LogP contribution in [0.5, 0.6) is 0 Å². The number of hydrogen-bond donors (Lipinski definition) is 1. The van der Waals surface area contributed by atoms with Gasteiger partial charge in [-0.2, -0.15) is 0 Å². The summed E-state index contributed by atoms with van der Waals surface area (Å²) in [4.78, 5) is 0. The average Bonchev–Trinajstić information content (AvgIpc) is 2.04. The molecule has 4 heteroatoms. The molecule has 88 valence electrons. The van der Waals surface area contributed by atoms with Gasteiger partial charge in [-0.15, -0.1) is 0 Å². The van der Waals surface area contributed by atoms with Gasteiger partial charge in [-0.05, 0) is 26.8 Å². The van der Waals surface area contributed by atoms with Crippen molar-refractivity contribution in [1.82, 2.24) is 0 Å². The molecule has 0 saturated heterocycles. The van der Waals surface area contributed by atoms with Crippen molar-refractivity contribution in [2.45, 2.75) is 52.1 Å². The Morgan fingerprint density at radius 3 is 1.71 bits per heavy atom. The maximum absolute atomic E-state index is 5.35. The van der Waals surface area contributed by atoms with E-state index < -0.39 is 9.28 Å². The van der Waals surface area contributed by atoms with E-state index in [1.807, 2.05) is 20.8 Å². The first kappa shape index (κ1) is 16.5. The predicted octanol–water partition coefficient (Wildman–Crippen LogP) is 2.04. The Labute approximate surface area is 90.8 Å². The van der Waals surface area contributed by atoms with E-state index in [-0.39, 0.29) is 5.54 Å². The Morgan fingerprint density at radius 2 is 1.50 bits per heavy atom. The lowest BCUT2D eigenvalue weighted by Gasteiger charge is -2.08. The van der Waals surface area contributed by atoms with Crippen molar-refractivity contribution < 1.29 is 8.85 Å². The summed E-state index contributed by atoms with van der Waals surface area (Å²) in [6, 6.07) is 1.14. The zero-order chi connectivity index (χ0) is 11.6. The van der Waals surface area contributed by atoms with Gasteiger partial charge in [-0.25, -0.2) is 0 Å². The van der Waals surface area contributed by atoms with Crippen molar-refractivity contribution in [3.05, 3.63) is 0 Å². The largest absolute Gasteiger partial charge is 0.400 e. The Kier molecular flexibility index (Phi) is 11.4. The number of unbranched alkanes of at least 4 members (excludes halogenated alkanes) is 1. The van der Waals surface area contributed by atoms with E-state index in [1.165, 1.54) is 12.8 Å². The van der Waals surface area contributed by atoms with Crippen molar-refractivity contribution in [2.75, 3.05) is 14.2 Å². The molecule has 0 aliphatic heterocycles. The van der Waals surface area contributed by atoms with Crippen LogP contribution in [0.3, 0.4) is 0 Å². The fourth-order valence-corrected chi connectivity index (χ4v) is 2.11. The standard InChI is InChI=1S/C6H16O2Si.C4H11N/c1-4-5-6-9(7-2)8-3;1-4(2,3)5/h9H,4-6H2,1-3H3;5H2,1-3H3. The van der Waals surface area contributed by atoms with E-state index >= 15 is 0 Å². The molecule has 0 atom stereocenters. The second-order valence-electron chi connectivity index (χ2n) is 4.41. The summed E-state index contributed by atoms with van der Waals surface area (Å²) in [6.07, 6.45) is 2.47. The van der Waals surface area contributed by atoms with Gasteiger partial charge in [0, 0.05) is 19.8 Å². The topological polar surface area (TPSA) is 44.5 Å². The van der Waals surface area contributed by atoms with Crippen LogP contribution in [0.1, 0.15) is 40.5 Å². The quantitative estimate of drug-likeness (QED) is 0.723. The van der Waals surface area contributed by atoms with Gasteiger partial charge in [0.1, 0.15) is 0 Å². The van der Waals surface area contributed by atoms with Crippen LogP contribution in [0.2, 0.25) is 6.04 Å². The van der Waals surface area contributed by atoms with Gasteiger partial charge >= 0.3 is 9.28 Å². The van der Waals surface area contributed by atoms with E-state index in [1.54, 1.807) is 14.2 Å². The third-order valence-electron chi connectivity index (χ3n) is 1.32. The molecule has 14 heavy (non-hydrogen) atoms. The van der Waals surface area contributed by atoms with Crippen molar-refractivity contribution in [1.29, 1.82) is 0 Å². The average molecular weight is 221 g/mol. The fourth-order valence-electron chi connectivity index (χ4n) is 0.703. The van der Waals surface area contributed by atoms with Crippen LogP contribution in [0.25, 0.3) is 0 Å². The molecule has 2 N–H and O–H groups in total. The summed E-state index contributed by atoms with van der Waals surface area (Å²) in [7, 11) is 2.25. The molecule has 0 heterocycles. The minimum Gasteiger partial charge on any atom is -0.400 e. The van der Waals surface area contributed by atoms with Gasteiger partial charge in [-0.1, -0.05) is 19.8 Å². The zero-order valence-electron chi connectivity index (χ0n) is 10.6. The first-order chi connectivity index (χ1) is 6.35. The molecule has 0 saturated carbocycles. The van der Waals surface area contributed by atoms with Gasteiger partial charge in [0.05, 0.1) is 0 Å². The third-order valence-corrected chi connectivity index (χ3v) is 3.25. The van der Waals surface area contributed by atoms with E-state index in [2.05, 4.69) is 6.92 Å². The molecule has 0 unspecified atom stereocenters. The summed E-state index contributed by atoms with van der Waals surface area (Å²) < 4.78 is 10.2. The SMILES string of the molecule is CC(C)(C)N.CCCC[SiH](OC)OC. The van der Waals surface area contributed by atoms with Gasteiger partial charge in [0.2, 0.25) is 0 Å². The van der Waals surface area contributed by atoms with Crippen LogP contribution in [0.4, 0.5) is 0 Å². The molecule has 0 aromatic heterocycles. The number of nitrogens with two attached hydrogens (primary N) is 1. The van der Waals surface area contributed by atoms with Crippen molar-refractivity contribution >= 4 is 9.28 Å². The smallest absolute Gasteiger partial charge is 0.320 e. The fraction of sp³-hybridized carbons (Fsp3) is 1.00. The van der Waals surface area contributed by atoms with Crippen molar-refractivity contribution in [3.8, 4) is 0 Å². The molecule has 0 spiro atoms. The second-order valence-corrected chi connectivity index (χ2v) is 6.79. The molecular formula is C10H27NO2Si. The predicted molar refractivity (Wildman–Crippen MR) is 64.8 cm³/mol. The summed E-state index contributed by atoms with van der Waals surface area (Å²) in [5.74, 6) is 0. The highest BCUT2D eigenvalue weighted by Crippen LogP contribution is 2.01. The Balaban J connectivity index is 0. The Morgan fingerprint density at radius 1 is 1.14 bits per heavy atom. The van der Waals surface area contributed by atoms with Crippen LogP contribution in [-0.4, -0.2) is 29.0 Å². The summed E-state index contributed by atoms with van der Waals surface area (Å²) in [5.41, 5.74) is 5.35. The molecular weight excluding hydrogens is 194 g/mol. The summed E-state index contributed by atoms with van der Waals surface area (Å²) in [6.45, 7) is 8.07. The third kappa shape index (κ3) is 22.7. The van der Waals surface area contributed by atoms with Crippen LogP contribution in [-0.2, 0) is 8.85 Å². The zero-order valence-corrected chi connectivity index (χ0v) is 11.7. The number of rotatable bonds is 5. The van der Waals surface area contributed by atoms with Crippen molar-refractivity contribution in [3.63, 3.8) is 0 Å². The van der Waals surface area contributed by atoms with Gasteiger partial charge in [0.25, 0.3) is 0 Å². The monoisotopic (exact) mass is 221 g/mol. The van der Waals surface area contributed by atoms with Gasteiger partial charge in [0.15, 0.2) is 0 Å². The minimum absolute atomic E-state index is 0. The summed E-state index contributed by atoms with van der Waals surface area (Å²) >= 11 is 0. The molecule has 0 aromatic carbocycles. The van der Waals surface area contributed by atoms with Gasteiger partial charge in [-0.3, -0.25) is 0 Å². The molecule has 0 aliphatic carbocycles. The van der Waals surface area contributed by atoms with Crippen molar-refractivity contribution in [2.24, 2.45) is 5.73 Å². The van der Waals surface area contributed by atoms with Crippen LogP contribution in [0, 0.1) is 0 Å². The van der Waals surface area contributed by atoms with E-state index in [9.17, 15) is 0 Å². The molecule has 0 aliphatic rings. The highest BCUT2D eigenvalue weighted by atomic mass is 28.3. The second kappa shape index (κ2) is 9.64. The molecule has 0 rings (SSSR count). The lowest BCUT2D eigenvalue weighted by Crippen LogP contribution is -2.26. The van der Waals surface area contributed by atoms with E-state index in [0.29, 0.717) is 0 Å². The first-order valence-electron chi connectivity index (χ1n) is 5.19. The lowest BCUT2D eigenvalue weighted by molar-refractivity contribution is 0.276. The van der Waals surface area contributed by atoms with E-state index in [0.717, 1.165) is 6.04 Å². The molecule has 0 radical (unpaired) electrons. The maximum atomic E-state index is 5.35. The molecule has 0 amide bonds. The minimum atomic E-state index is -1.21. The molecule has 0 bridgehead atoms. The molecule has 3 nitrogen and oxygen atoms in total. The molecule has 0 fully saturated rings. The van der Waals surface area contributed by atoms with E-state index in [4.69, 9.17) is 14.6 Å². The normalized spacial score (nSPS) is 11.1. The van der Waals surface area contributed by atoms with Crippen LogP contribution in [0.15, 0.2) is 0 Å². The highest BCUT2D eigenvalue weighted by Gasteiger charge is 2.06. The highest BCUT2D eigenvalue weighted by molar-refractivity contribution is 6.44. The van der Waals surface area contributed by atoms with Crippen LogP contribution >= 0.6 is 0 Å². The Hall–Kier alpha value is 0.0969.